The Bertz CT molecular complexity index is 848. The number of hydrogen-bond donors (Lipinski definition) is 1. The first-order valence-corrected chi connectivity index (χ1v) is 7.24. The number of nitrogens with zero attached hydrogens (tertiary/aromatic N) is 2. The number of methoxy groups -OCH3 is 1. The molecule has 0 atom stereocenters. The minimum atomic E-state index is -1.02. The van der Waals surface area contributed by atoms with Gasteiger partial charge in [-0.1, -0.05) is 0 Å². The van der Waals surface area contributed by atoms with Crippen molar-refractivity contribution < 1.29 is 14.6 Å². The Labute approximate surface area is 125 Å². The van der Waals surface area contributed by atoms with E-state index in [-0.39, 0.29) is 5.69 Å². The van der Waals surface area contributed by atoms with E-state index in [4.69, 9.17) is 9.84 Å². The Morgan fingerprint density at radius 2 is 2.05 bits per heavy atom. The number of carbonyl (C=O) groups is 1. The number of aryl methyl sites for hydroxylation is 2. The van der Waals surface area contributed by atoms with Crippen molar-refractivity contribution in [1.29, 1.82) is 0 Å². The first-order valence-electron chi connectivity index (χ1n) is 6.36. The van der Waals surface area contributed by atoms with Crippen LogP contribution >= 0.6 is 11.3 Å². The van der Waals surface area contributed by atoms with Crippen molar-refractivity contribution in [2.24, 2.45) is 0 Å². The summed E-state index contributed by atoms with van der Waals surface area (Å²) >= 11 is 1.41. The summed E-state index contributed by atoms with van der Waals surface area (Å²) in [5.74, 6) is -0.257. The highest BCUT2D eigenvalue weighted by atomic mass is 32.1. The lowest BCUT2D eigenvalue weighted by atomic mass is 10.0. The molecule has 0 spiro atoms. The van der Waals surface area contributed by atoms with E-state index in [1.807, 2.05) is 25.3 Å². The lowest BCUT2D eigenvalue weighted by Crippen LogP contribution is -1.96. The second-order valence-electron chi connectivity index (χ2n) is 4.84. The first-order chi connectivity index (χ1) is 10.0. The molecule has 0 bridgehead atoms. The number of carboxylic acids is 1. The number of fused-ring (bicyclic) bond motifs is 1. The maximum atomic E-state index is 11.0. The molecule has 3 aromatic rings. The molecule has 6 heteroatoms. The van der Waals surface area contributed by atoms with Crippen molar-refractivity contribution in [2.75, 3.05) is 7.11 Å². The molecule has 5 nitrogen and oxygen atoms in total. The van der Waals surface area contributed by atoms with Crippen molar-refractivity contribution in [1.82, 2.24) is 9.38 Å². The highest BCUT2D eigenvalue weighted by Crippen LogP contribution is 2.35. The summed E-state index contributed by atoms with van der Waals surface area (Å²) in [5.41, 5.74) is 4.17. The van der Waals surface area contributed by atoms with E-state index in [9.17, 15) is 4.79 Å². The molecule has 21 heavy (non-hydrogen) atoms. The van der Waals surface area contributed by atoms with Gasteiger partial charge in [0.2, 0.25) is 0 Å². The monoisotopic (exact) mass is 302 g/mol. The predicted molar refractivity (Wildman–Crippen MR) is 81.5 cm³/mol. The average molecular weight is 302 g/mol. The van der Waals surface area contributed by atoms with Crippen LogP contribution in [0.15, 0.2) is 23.7 Å². The van der Waals surface area contributed by atoms with Gasteiger partial charge in [-0.3, -0.25) is 4.40 Å². The van der Waals surface area contributed by atoms with E-state index in [0.29, 0.717) is 4.96 Å². The third-order valence-electron chi connectivity index (χ3n) is 3.52. The number of hydrogen-bond acceptors (Lipinski definition) is 4. The van der Waals surface area contributed by atoms with Crippen LogP contribution < -0.4 is 4.74 Å². The van der Waals surface area contributed by atoms with Crippen molar-refractivity contribution in [3.63, 3.8) is 0 Å². The molecule has 0 aliphatic rings. The Hall–Kier alpha value is -2.34. The van der Waals surface area contributed by atoms with E-state index in [1.54, 1.807) is 11.5 Å². The fraction of sp³-hybridized carbons (Fsp3) is 0.200. The largest absolute Gasteiger partial charge is 0.496 e. The van der Waals surface area contributed by atoms with Crippen LogP contribution in [-0.4, -0.2) is 27.6 Å². The zero-order chi connectivity index (χ0) is 15.1. The van der Waals surface area contributed by atoms with Crippen LogP contribution in [0.4, 0.5) is 0 Å². The second-order valence-corrected chi connectivity index (χ2v) is 5.68. The molecule has 0 aliphatic heterocycles. The molecule has 0 aliphatic carbocycles. The normalized spacial score (nSPS) is 11.0. The molecule has 0 amide bonds. The molecule has 0 fully saturated rings. The van der Waals surface area contributed by atoms with E-state index >= 15 is 0 Å². The van der Waals surface area contributed by atoms with Crippen LogP contribution in [0.5, 0.6) is 5.75 Å². The summed E-state index contributed by atoms with van der Waals surface area (Å²) in [6.07, 6.45) is 1.54. The van der Waals surface area contributed by atoms with E-state index in [0.717, 1.165) is 28.1 Å². The van der Waals surface area contributed by atoms with Crippen LogP contribution in [0.3, 0.4) is 0 Å². The SMILES string of the molecule is COc1cc(C)c(C)cc1-c1csc2nc(C(=O)O)cn12. The zero-order valence-electron chi connectivity index (χ0n) is 11.9. The Morgan fingerprint density at radius 1 is 1.33 bits per heavy atom. The van der Waals surface area contributed by atoms with Gasteiger partial charge in [0.1, 0.15) is 5.75 Å². The van der Waals surface area contributed by atoms with Gasteiger partial charge in [-0.05, 0) is 37.1 Å². The average Bonchev–Trinajstić information content (AvgIpc) is 3.01. The van der Waals surface area contributed by atoms with Crippen molar-refractivity contribution in [3.8, 4) is 17.0 Å². The van der Waals surface area contributed by atoms with Crippen molar-refractivity contribution in [3.05, 3.63) is 40.5 Å². The van der Waals surface area contributed by atoms with Crippen molar-refractivity contribution >= 4 is 22.3 Å². The minimum Gasteiger partial charge on any atom is -0.496 e. The summed E-state index contributed by atoms with van der Waals surface area (Å²) in [7, 11) is 1.63. The molecular formula is C15H14N2O3S. The number of thiazole rings is 1. The minimum absolute atomic E-state index is 0.0471. The van der Waals surface area contributed by atoms with Gasteiger partial charge >= 0.3 is 5.97 Å². The lowest BCUT2D eigenvalue weighted by molar-refractivity contribution is 0.0691. The van der Waals surface area contributed by atoms with Gasteiger partial charge < -0.3 is 9.84 Å². The van der Waals surface area contributed by atoms with E-state index in [1.165, 1.54) is 17.5 Å². The number of ether oxygens (including phenoxy) is 1. The van der Waals surface area contributed by atoms with Gasteiger partial charge in [-0.15, -0.1) is 11.3 Å². The Kier molecular flexibility index (Phi) is 3.17. The lowest BCUT2D eigenvalue weighted by Gasteiger charge is -2.11. The summed E-state index contributed by atoms with van der Waals surface area (Å²) in [5, 5.41) is 11.0. The molecular weight excluding hydrogens is 288 g/mol. The molecule has 3 rings (SSSR count). The number of aromatic carboxylic acids is 1. The highest BCUT2D eigenvalue weighted by Gasteiger charge is 2.16. The van der Waals surface area contributed by atoms with Crippen LogP contribution in [0.1, 0.15) is 21.6 Å². The molecule has 0 unspecified atom stereocenters. The van der Waals surface area contributed by atoms with E-state index < -0.39 is 5.97 Å². The predicted octanol–water partition coefficient (Wildman–Crippen LogP) is 3.39. The maximum absolute atomic E-state index is 11.0. The number of aromatic nitrogens is 2. The summed E-state index contributed by atoms with van der Waals surface area (Å²) in [6, 6.07) is 4.04. The Morgan fingerprint density at radius 3 is 2.71 bits per heavy atom. The zero-order valence-corrected chi connectivity index (χ0v) is 12.7. The molecule has 0 saturated carbocycles. The third-order valence-corrected chi connectivity index (χ3v) is 4.36. The van der Waals surface area contributed by atoms with Crippen LogP contribution in [0.25, 0.3) is 16.2 Å². The van der Waals surface area contributed by atoms with Gasteiger partial charge in [-0.2, -0.15) is 0 Å². The van der Waals surface area contributed by atoms with Crippen LogP contribution in [-0.2, 0) is 0 Å². The summed E-state index contributed by atoms with van der Waals surface area (Å²) < 4.78 is 7.26. The summed E-state index contributed by atoms with van der Waals surface area (Å²) in [4.78, 5) is 15.8. The van der Waals surface area contributed by atoms with Gasteiger partial charge in [-0.25, -0.2) is 9.78 Å². The van der Waals surface area contributed by atoms with Crippen LogP contribution in [0.2, 0.25) is 0 Å². The van der Waals surface area contributed by atoms with Gasteiger partial charge in [0.05, 0.1) is 12.8 Å². The molecule has 0 saturated heterocycles. The quantitative estimate of drug-likeness (QED) is 0.805. The smallest absolute Gasteiger partial charge is 0.356 e. The second kappa shape index (κ2) is 4.89. The molecule has 0 radical (unpaired) electrons. The maximum Gasteiger partial charge on any atom is 0.356 e. The molecule has 1 aromatic carbocycles. The third kappa shape index (κ3) is 2.17. The standard InChI is InChI=1S/C15H14N2O3S/c1-8-4-10(13(20-3)5-9(8)2)12-7-21-15-16-11(14(18)19)6-17(12)15/h4-7H,1-3H3,(H,18,19). The van der Waals surface area contributed by atoms with Crippen molar-refractivity contribution in [2.45, 2.75) is 13.8 Å². The highest BCUT2D eigenvalue weighted by molar-refractivity contribution is 7.15. The topological polar surface area (TPSA) is 63.8 Å². The summed E-state index contributed by atoms with van der Waals surface area (Å²) in [6.45, 7) is 4.07. The Balaban J connectivity index is 2.25. The number of benzene rings is 1. The van der Waals surface area contributed by atoms with Crippen LogP contribution in [0, 0.1) is 13.8 Å². The molecule has 1 N–H and O–H groups in total. The first kappa shape index (κ1) is 13.6. The number of carboxylic acid groups (broad SMARTS) is 1. The molecule has 2 heterocycles. The van der Waals surface area contributed by atoms with Gasteiger partial charge in [0.15, 0.2) is 10.7 Å². The number of imidazole rings is 1. The number of rotatable bonds is 3. The van der Waals surface area contributed by atoms with E-state index in [2.05, 4.69) is 11.1 Å². The molecule has 108 valence electrons. The van der Waals surface area contributed by atoms with Gasteiger partial charge in [0.25, 0.3) is 0 Å². The molecule has 2 aromatic heterocycles. The fourth-order valence-electron chi connectivity index (χ4n) is 2.24. The van der Waals surface area contributed by atoms with Gasteiger partial charge in [0, 0.05) is 17.1 Å². The fourth-order valence-corrected chi connectivity index (χ4v) is 3.11.